The van der Waals surface area contributed by atoms with Crippen molar-refractivity contribution in [1.82, 2.24) is 9.97 Å². The number of anilines is 3. The third-order valence-corrected chi connectivity index (χ3v) is 6.55. The maximum Gasteiger partial charge on any atom is 0.416 e. The highest BCUT2D eigenvalue weighted by atomic mass is 32.2. The van der Waals surface area contributed by atoms with Crippen LogP contribution in [0.2, 0.25) is 0 Å². The highest BCUT2D eigenvalue weighted by molar-refractivity contribution is 7.98. The highest BCUT2D eigenvalue weighted by Crippen LogP contribution is 2.31. The summed E-state index contributed by atoms with van der Waals surface area (Å²) in [6.45, 7) is 2.66. The van der Waals surface area contributed by atoms with E-state index in [0.717, 1.165) is 23.4 Å². The van der Waals surface area contributed by atoms with E-state index in [1.165, 1.54) is 12.1 Å². The second-order valence-corrected chi connectivity index (χ2v) is 10.3. The number of hydrogen-bond acceptors (Lipinski definition) is 6. The van der Waals surface area contributed by atoms with E-state index in [-0.39, 0.29) is 12.5 Å². The minimum Gasteiger partial charge on any atom is -0.494 e. The number of benzene rings is 3. The van der Waals surface area contributed by atoms with Gasteiger partial charge >= 0.3 is 6.18 Å². The molecule has 0 saturated carbocycles. The van der Waals surface area contributed by atoms with E-state index in [0.29, 0.717) is 34.1 Å². The van der Waals surface area contributed by atoms with Gasteiger partial charge in [-0.3, -0.25) is 5.14 Å². The van der Waals surface area contributed by atoms with Crippen molar-refractivity contribution in [3.05, 3.63) is 90.1 Å². The lowest BCUT2D eigenvalue weighted by Gasteiger charge is -2.15. The van der Waals surface area contributed by atoms with Crippen LogP contribution in [0.5, 0.6) is 5.75 Å². The average Bonchev–Trinajstić information content (AvgIpc) is 2.88. The molecule has 38 heavy (non-hydrogen) atoms. The Morgan fingerprint density at radius 2 is 1.76 bits per heavy atom. The van der Waals surface area contributed by atoms with Gasteiger partial charge in [0.15, 0.2) is 0 Å². The molecule has 0 spiro atoms. The number of rotatable bonds is 9. The third-order valence-electron chi connectivity index (χ3n) is 5.50. The lowest BCUT2D eigenvalue weighted by molar-refractivity contribution is -0.137. The van der Waals surface area contributed by atoms with Crippen LogP contribution in [0.25, 0.3) is 11.1 Å². The molecule has 7 nitrogen and oxygen atoms in total. The van der Waals surface area contributed by atoms with E-state index in [1.54, 1.807) is 30.5 Å². The molecule has 0 saturated heterocycles. The lowest BCUT2D eigenvalue weighted by atomic mass is 10.1. The standard InChI is InChI=1S/C27H26F3N5O2S/c1-3-37-22-13-9-19(10-14-22)24-17-33-26(34-21-5-4-6-23(15-21)38(2,31)36)35-25(24)32-16-18-7-11-20(12-8-18)27(28,29)30/h4-15,17H,2-3,16H2,1H3,(H2,31,36)(H2,32,33,34,35). The Kier molecular flexibility index (Phi) is 7.88. The van der Waals surface area contributed by atoms with Gasteiger partial charge in [-0.05, 0) is 66.4 Å². The molecule has 1 atom stereocenters. The van der Waals surface area contributed by atoms with Gasteiger partial charge in [-0.25, -0.2) is 9.19 Å². The van der Waals surface area contributed by atoms with Gasteiger partial charge < -0.3 is 15.4 Å². The zero-order valence-corrected chi connectivity index (χ0v) is 21.3. The Bertz CT molecular complexity index is 1510. The van der Waals surface area contributed by atoms with Crippen LogP contribution >= 0.6 is 0 Å². The predicted octanol–water partition coefficient (Wildman–Crippen LogP) is 5.87. The van der Waals surface area contributed by atoms with Crippen molar-refractivity contribution < 1.29 is 22.1 Å². The molecule has 1 unspecified atom stereocenters. The molecule has 3 aromatic carbocycles. The number of ether oxygens (including phenoxy) is 1. The molecule has 1 aromatic heterocycles. The lowest BCUT2D eigenvalue weighted by Crippen LogP contribution is -2.12. The van der Waals surface area contributed by atoms with Gasteiger partial charge in [-0.1, -0.05) is 30.3 Å². The molecule has 11 heteroatoms. The van der Waals surface area contributed by atoms with Gasteiger partial charge in [0, 0.05) is 28.9 Å². The Balaban J connectivity index is 1.63. The summed E-state index contributed by atoms with van der Waals surface area (Å²) in [5, 5.41) is 11.9. The van der Waals surface area contributed by atoms with Gasteiger partial charge in [0.1, 0.15) is 11.6 Å². The summed E-state index contributed by atoms with van der Waals surface area (Å²) in [6.07, 6.45) is -2.76. The zero-order valence-electron chi connectivity index (χ0n) is 20.5. The number of halogens is 3. The summed E-state index contributed by atoms with van der Waals surface area (Å²) in [5.41, 5.74) is 1.99. The van der Waals surface area contributed by atoms with E-state index in [1.807, 2.05) is 31.2 Å². The molecule has 4 N–H and O–H groups in total. The van der Waals surface area contributed by atoms with Gasteiger partial charge in [-0.15, -0.1) is 0 Å². The van der Waals surface area contributed by atoms with E-state index < -0.39 is 21.4 Å². The van der Waals surface area contributed by atoms with Crippen molar-refractivity contribution in [2.24, 2.45) is 5.14 Å². The van der Waals surface area contributed by atoms with E-state index in [9.17, 15) is 17.4 Å². The molecule has 4 rings (SSSR count). The fourth-order valence-corrected chi connectivity index (χ4v) is 4.24. The summed E-state index contributed by atoms with van der Waals surface area (Å²) in [6, 6.07) is 19.0. The quantitative estimate of drug-likeness (QED) is 0.229. The number of aromatic nitrogens is 2. The molecular weight excluding hydrogens is 515 g/mol. The van der Waals surface area contributed by atoms with Gasteiger partial charge in [0.2, 0.25) is 5.95 Å². The molecule has 0 bridgehead atoms. The second-order valence-electron chi connectivity index (χ2n) is 8.34. The Labute approximate surface area is 219 Å². The van der Waals surface area contributed by atoms with E-state index in [4.69, 9.17) is 9.88 Å². The average molecular weight is 542 g/mol. The molecule has 0 aliphatic heterocycles. The van der Waals surface area contributed by atoms with E-state index in [2.05, 4.69) is 26.5 Å². The van der Waals surface area contributed by atoms with Crippen molar-refractivity contribution >= 4 is 33.0 Å². The predicted molar refractivity (Wildman–Crippen MR) is 145 cm³/mol. The molecular formula is C27H26F3N5O2S. The monoisotopic (exact) mass is 541 g/mol. The minimum absolute atomic E-state index is 0.227. The van der Waals surface area contributed by atoms with Crippen LogP contribution in [0, 0.1) is 0 Å². The Hall–Kier alpha value is -4.09. The summed E-state index contributed by atoms with van der Waals surface area (Å²) in [4.78, 5) is 9.39. The van der Waals surface area contributed by atoms with Crippen molar-refractivity contribution in [1.29, 1.82) is 0 Å². The van der Waals surface area contributed by atoms with Crippen LogP contribution in [0.4, 0.5) is 30.6 Å². The molecule has 0 aliphatic carbocycles. The maximum atomic E-state index is 12.9. The first-order valence-electron chi connectivity index (χ1n) is 11.6. The van der Waals surface area contributed by atoms with Crippen LogP contribution < -0.4 is 20.5 Å². The normalized spacial score (nSPS) is 13.0. The van der Waals surface area contributed by atoms with Crippen molar-refractivity contribution in [2.75, 3.05) is 17.2 Å². The second kappa shape index (κ2) is 11.1. The van der Waals surface area contributed by atoms with Crippen LogP contribution in [-0.4, -0.2) is 26.7 Å². The van der Waals surface area contributed by atoms with Crippen LogP contribution in [0.15, 0.2) is 83.9 Å². The Morgan fingerprint density at radius 3 is 2.39 bits per heavy atom. The van der Waals surface area contributed by atoms with Crippen LogP contribution in [-0.2, 0) is 22.4 Å². The number of nitrogens with two attached hydrogens (primary N) is 1. The number of hydrogen-bond donors (Lipinski definition) is 3. The largest absolute Gasteiger partial charge is 0.494 e. The van der Waals surface area contributed by atoms with E-state index >= 15 is 0 Å². The minimum atomic E-state index is -4.40. The molecule has 0 fully saturated rings. The molecule has 1 heterocycles. The maximum absolute atomic E-state index is 12.9. The van der Waals surface area contributed by atoms with Crippen molar-refractivity contribution in [3.63, 3.8) is 0 Å². The smallest absolute Gasteiger partial charge is 0.416 e. The third kappa shape index (κ3) is 6.81. The summed E-state index contributed by atoms with van der Waals surface area (Å²) >= 11 is 0. The van der Waals surface area contributed by atoms with Gasteiger partial charge in [-0.2, -0.15) is 18.2 Å². The first kappa shape index (κ1) is 27.0. The SMILES string of the molecule is C=S(N)(=O)c1cccc(Nc2ncc(-c3ccc(OCC)cc3)c(NCc3ccc(C(F)(F)F)cc3)n2)c1. The summed E-state index contributed by atoms with van der Waals surface area (Å²) < 4.78 is 56.4. The fourth-order valence-electron chi connectivity index (χ4n) is 3.60. The topological polar surface area (TPSA) is 102 Å². The first-order valence-corrected chi connectivity index (χ1v) is 13.3. The first-order chi connectivity index (χ1) is 18.0. The number of nitrogens with zero attached hydrogens (tertiary/aromatic N) is 2. The molecule has 0 aliphatic rings. The summed E-state index contributed by atoms with van der Waals surface area (Å²) in [7, 11) is -2.90. The molecule has 0 radical (unpaired) electrons. The highest BCUT2D eigenvalue weighted by Gasteiger charge is 2.29. The van der Waals surface area contributed by atoms with Gasteiger partial charge in [0.05, 0.1) is 21.9 Å². The van der Waals surface area contributed by atoms with Crippen LogP contribution in [0.1, 0.15) is 18.1 Å². The van der Waals surface area contributed by atoms with Crippen molar-refractivity contribution in [3.8, 4) is 16.9 Å². The Morgan fingerprint density at radius 1 is 1.05 bits per heavy atom. The fraction of sp³-hybridized carbons (Fsp3) is 0.148. The molecule has 198 valence electrons. The van der Waals surface area contributed by atoms with Crippen molar-refractivity contribution in [2.45, 2.75) is 24.5 Å². The van der Waals surface area contributed by atoms with Crippen LogP contribution in [0.3, 0.4) is 0 Å². The summed E-state index contributed by atoms with van der Waals surface area (Å²) in [5.74, 6) is 4.93. The number of alkyl halides is 3. The number of nitrogens with one attached hydrogen (secondary N) is 2. The van der Waals surface area contributed by atoms with Gasteiger partial charge in [0.25, 0.3) is 0 Å². The molecule has 0 amide bonds. The zero-order chi connectivity index (χ0) is 27.3. The molecule has 4 aromatic rings.